The van der Waals surface area contributed by atoms with Crippen LogP contribution >= 0.6 is 0 Å². The molecule has 0 heterocycles. The van der Waals surface area contributed by atoms with Crippen molar-refractivity contribution in [2.75, 3.05) is 26.7 Å². The van der Waals surface area contributed by atoms with E-state index in [1.807, 2.05) is 11.9 Å². The first kappa shape index (κ1) is 13.2. The molecule has 2 saturated carbocycles. The van der Waals surface area contributed by atoms with Crippen molar-refractivity contribution in [3.05, 3.63) is 0 Å². The molecule has 0 radical (unpaired) electrons. The lowest BCUT2D eigenvalue weighted by Crippen LogP contribution is -2.43. The van der Waals surface area contributed by atoms with Gasteiger partial charge in [0.15, 0.2) is 0 Å². The SMILES string of the molecule is CN(CC(F)F)CC1(CNC2CC2)CCCC1. The molecule has 0 aliphatic heterocycles. The molecule has 0 unspecified atom stereocenters. The first-order valence-corrected chi connectivity index (χ1v) is 6.80. The third-order valence-corrected chi connectivity index (χ3v) is 4.06. The number of alkyl halides is 2. The molecule has 2 fully saturated rings. The minimum Gasteiger partial charge on any atom is -0.313 e. The molecule has 0 bridgehead atoms. The van der Waals surface area contributed by atoms with Gasteiger partial charge in [0, 0.05) is 19.1 Å². The monoisotopic (exact) mass is 246 g/mol. The van der Waals surface area contributed by atoms with Crippen molar-refractivity contribution in [3.63, 3.8) is 0 Å². The second-order valence-corrected chi connectivity index (χ2v) is 5.95. The summed E-state index contributed by atoms with van der Waals surface area (Å²) < 4.78 is 24.7. The Bertz CT molecular complexity index is 236. The van der Waals surface area contributed by atoms with Crippen molar-refractivity contribution in [1.29, 1.82) is 0 Å². The summed E-state index contributed by atoms with van der Waals surface area (Å²) in [4.78, 5) is 1.81. The first-order chi connectivity index (χ1) is 8.10. The molecular formula is C13H24F2N2. The van der Waals surface area contributed by atoms with Gasteiger partial charge in [0.2, 0.25) is 0 Å². The molecule has 2 aliphatic carbocycles. The van der Waals surface area contributed by atoms with Gasteiger partial charge in [-0.1, -0.05) is 12.8 Å². The molecule has 0 amide bonds. The van der Waals surface area contributed by atoms with Gasteiger partial charge in [-0.15, -0.1) is 0 Å². The fourth-order valence-electron chi connectivity index (χ4n) is 3.04. The normalized spacial score (nSPS) is 23.8. The lowest BCUT2D eigenvalue weighted by atomic mass is 9.85. The van der Waals surface area contributed by atoms with E-state index in [0.717, 1.165) is 13.1 Å². The van der Waals surface area contributed by atoms with Gasteiger partial charge >= 0.3 is 0 Å². The fraction of sp³-hybridized carbons (Fsp3) is 1.00. The van der Waals surface area contributed by atoms with E-state index < -0.39 is 6.43 Å². The van der Waals surface area contributed by atoms with Crippen LogP contribution in [-0.4, -0.2) is 44.0 Å². The molecule has 0 saturated heterocycles. The number of rotatable bonds is 7. The van der Waals surface area contributed by atoms with Crippen LogP contribution < -0.4 is 5.32 Å². The Morgan fingerprint density at radius 3 is 2.47 bits per heavy atom. The molecule has 2 rings (SSSR count). The quantitative estimate of drug-likeness (QED) is 0.742. The highest BCUT2D eigenvalue weighted by molar-refractivity contribution is 4.92. The van der Waals surface area contributed by atoms with Crippen molar-refractivity contribution in [1.82, 2.24) is 10.2 Å². The van der Waals surface area contributed by atoms with E-state index in [0.29, 0.717) is 6.04 Å². The third-order valence-electron chi connectivity index (χ3n) is 4.06. The first-order valence-electron chi connectivity index (χ1n) is 6.80. The Morgan fingerprint density at radius 1 is 1.29 bits per heavy atom. The van der Waals surface area contributed by atoms with E-state index in [2.05, 4.69) is 5.32 Å². The standard InChI is InChI=1S/C13H24F2N2/c1-17(8-12(14)15)10-13(6-2-3-7-13)9-16-11-4-5-11/h11-12,16H,2-10H2,1H3. The van der Waals surface area contributed by atoms with Crippen molar-refractivity contribution < 1.29 is 8.78 Å². The predicted octanol–water partition coefficient (Wildman–Crippen LogP) is 2.50. The molecule has 17 heavy (non-hydrogen) atoms. The van der Waals surface area contributed by atoms with Gasteiger partial charge in [-0.25, -0.2) is 8.78 Å². The Morgan fingerprint density at radius 2 is 1.94 bits per heavy atom. The van der Waals surface area contributed by atoms with E-state index in [4.69, 9.17) is 0 Å². The van der Waals surface area contributed by atoms with Crippen molar-refractivity contribution in [3.8, 4) is 0 Å². The highest BCUT2D eigenvalue weighted by atomic mass is 19.3. The van der Waals surface area contributed by atoms with Crippen LogP contribution in [0.4, 0.5) is 8.78 Å². The van der Waals surface area contributed by atoms with Crippen molar-refractivity contribution in [2.45, 2.75) is 51.0 Å². The number of halogens is 2. The number of hydrogen-bond acceptors (Lipinski definition) is 2. The third kappa shape index (κ3) is 4.18. The maximum Gasteiger partial charge on any atom is 0.251 e. The summed E-state index contributed by atoms with van der Waals surface area (Å²) in [7, 11) is 1.82. The van der Waals surface area contributed by atoms with Crippen LogP contribution in [-0.2, 0) is 0 Å². The zero-order valence-corrected chi connectivity index (χ0v) is 10.7. The number of nitrogens with one attached hydrogen (secondary N) is 1. The summed E-state index contributed by atoms with van der Waals surface area (Å²) in [5, 5.41) is 3.58. The Balaban J connectivity index is 1.81. The summed E-state index contributed by atoms with van der Waals surface area (Å²) >= 11 is 0. The van der Waals surface area contributed by atoms with Crippen LogP contribution in [0, 0.1) is 5.41 Å². The van der Waals surface area contributed by atoms with Gasteiger partial charge in [0.1, 0.15) is 0 Å². The van der Waals surface area contributed by atoms with Crippen LogP contribution in [0.15, 0.2) is 0 Å². The van der Waals surface area contributed by atoms with Crippen LogP contribution in [0.5, 0.6) is 0 Å². The molecular weight excluding hydrogens is 222 g/mol. The lowest BCUT2D eigenvalue weighted by molar-refractivity contribution is 0.0754. The molecule has 2 aliphatic rings. The number of nitrogens with zero attached hydrogens (tertiary/aromatic N) is 1. The Hall–Kier alpha value is -0.220. The molecule has 2 nitrogen and oxygen atoms in total. The summed E-state index contributed by atoms with van der Waals surface area (Å²) in [6.45, 7) is 1.74. The minimum atomic E-state index is -2.21. The average Bonchev–Trinajstić information content (AvgIpc) is 2.96. The summed E-state index contributed by atoms with van der Waals surface area (Å²) in [5.41, 5.74) is 0.256. The average molecular weight is 246 g/mol. The largest absolute Gasteiger partial charge is 0.313 e. The maximum atomic E-state index is 12.4. The van der Waals surface area contributed by atoms with Crippen molar-refractivity contribution >= 4 is 0 Å². The van der Waals surface area contributed by atoms with Crippen LogP contribution in [0.25, 0.3) is 0 Å². The second-order valence-electron chi connectivity index (χ2n) is 5.95. The van der Waals surface area contributed by atoms with Crippen molar-refractivity contribution in [2.24, 2.45) is 5.41 Å². The van der Waals surface area contributed by atoms with Crippen LogP contribution in [0.3, 0.4) is 0 Å². The number of hydrogen-bond donors (Lipinski definition) is 1. The minimum absolute atomic E-state index is 0.0921. The van der Waals surface area contributed by atoms with Crippen LogP contribution in [0.1, 0.15) is 38.5 Å². The van der Waals surface area contributed by atoms with Crippen LogP contribution in [0.2, 0.25) is 0 Å². The summed E-state index contributed by atoms with van der Waals surface area (Å²) in [5.74, 6) is 0. The molecule has 0 atom stereocenters. The van der Waals surface area contributed by atoms with Gasteiger partial charge in [-0.05, 0) is 38.1 Å². The highest BCUT2D eigenvalue weighted by Gasteiger charge is 2.36. The van der Waals surface area contributed by atoms with E-state index >= 15 is 0 Å². The molecule has 0 aromatic heterocycles. The fourth-order valence-corrected chi connectivity index (χ4v) is 3.04. The van der Waals surface area contributed by atoms with E-state index in [1.54, 1.807) is 0 Å². The maximum absolute atomic E-state index is 12.4. The van der Waals surface area contributed by atoms with Gasteiger partial charge in [0.25, 0.3) is 6.43 Å². The zero-order valence-electron chi connectivity index (χ0n) is 10.7. The Labute approximate surface area is 103 Å². The summed E-state index contributed by atoms with van der Waals surface area (Å²) in [6, 6.07) is 0.716. The molecule has 0 aromatic carbocycles. The highest BCUT2D eigenvalue weighted by Crippen LogP contribution is 2.39. The lowest BCUT2D eigenvalue weighted by Gasteiger charge is -2.34. The second kappa shape index (κ2) is 5.61. The van der Waals surface area contributed by atoms with Gasteiger partial charge in [0.05, 0.1) is 6.54 Å². The van der Waals surface area contributed by atoms with Gasteiger partial charge in [-0.3, -0.25) is 0 Å². The van der Waals surface area contributed by atoms with E-state index in [9.17, 15) is 8.78 Å². The van der Waals surface area contributed by atoms with E-state index in [-0.39, 0.29) is 12.0 Å². The van der Waals surface area contributed by atoms with Gasteiger partial charge < -0.3 is 10.2 Å². The Kier molecular flexibility index (Phi) is 4.36. The molecule has 1 N–H and O–H groups in total. The molecule has 0 aromatic rings. The smallest absolute Gasteiger partial charge is 0.251 e. The predicted molar refractivity (Wildman–Crippen MR) is 65.4 cm³/mol. The topological polar surface area (TPSA) is 15.3 Å². The molecule has 100 valence electrons. The molecule has 4 heteroatoms. The van der Waals surface area contributed by atoms with Gasteiger partial charge in [-0.2, -0.15) is 0 Å². The zero-order chi connectivity index (χ0) is 12.3. The van der Waals surface area contributed by atoms with E-state index in [1.165, 1.54) is 38.5 Å². The molecule has 0 spiro atoms. The summed E-state index contributed by atoms with van der Waals surface area (Å²) in [6.07, 6.45) is 5.28.